The molecule has 2 aliphatic heterocycles. The van der Waals surface area contributed by atoms with Crippen LogP contribution in [-0.4, -0.2) is 29.0 Å². The van der Waals surface area contributed by atoms with Gasteiger partial charge in [-0.05, 0) is 49.6 Å². The molecule has 4 nitrogen and oxygen atoms in total. The van der Waals surface area contributed by atoms with E-state index in [1.54, 1.807) is 12.1 Å². The van der Waals surface area contributed by atoms with E-state index in [9.17, 15) is 10.1 Å². The zero-order valence-electron chi connectivity index (χ0n) is 10.4. The fourth-order valence-electron chi connectivity index (χ4n) is 3.05. The van der Waals surface area contributed by atoms with E-state index >= 15 is 0 Å². The number of likely N-dealkylation sites (N-methyl/N-ethyl adjacent to an activating group) is 1. The van der Waals surface area contributed by atoms with Gasteiger partial charge in [0.2, 0.25) is 0 Å². The summed E-state index contributed by atoms with van der Waals surface area (Å²) in [6.45, 7) is 0. The minimum Gasteiger partial charge on any atom is -0.297 e. The maximum atomic E-state index is 10.6. The number of non-ortho nitro benzene ring substituents is 1. The van der Waals surface area contributed by atoms with Crippen LogP contribution in [0.15, 0.2) is 30.3 Å². The fraction of sp³-hybridized carbons (Fsp3) is 0.429. The molecule has 18 heavy (non-hydrogen) atoms. The second kappa shape index (κ2) is 4.21. The number of rotatable bonds is 2. The number of nitro benzene ring substituents is 1. The Morgan fingerprint density at radius 3 is 2.61 bits per heavy atom. The quantitative estimate of drug-likeness (QED) is 0.593. The zero-order chi connectivity index (χ0) is 12.7. The van der Waals surface area contributed by atoms with E-state index in [1.807, 2.05) is 12.1 Å². The molecule has 1 aromatic carbocycles. The number of nitrogens with zero attached hydrogens (tertiary/aromatic N) is 2. The fourth-order valence-corrected chi connectivity index (χ4v) is 3.05. The van der Waals surface area contributed by atoms with Gasteiger partial charge < -0.3 is 0 Å². The normalized spacial score (nSPS) is 27.1. The standard InChI is InChI=1S/C14H16N2O2/c1-15-13-6-7-14(15)9-11(8-13)10-2-4-12(5-3-10)16(17)18/h2-5,8,13-14H,6-7,9H2,1H3/t13-,14+/m0/s1. The number of benzene rings is 1. The van der Waals surface area contributed by atoms with Gasteiger partial charge in [0.15, 0.2) is 0 Å². The third kappa shape index (κ3) is 1.82. The molecule has 94 valence electrons. The molecule has 0 N–H and O–H groups in total. The molecule has 3 rings (SSSR count). The average Bonchev–Trinajstić information content (AvgIpc) is 2.62. The average molecular weight is 244 g/mol. The second-order valence-electron chi connectivity index (χ2n) is 5.16. The smallest absolute Gasteiger partial charge is 0.269 e. The van der Waals surface area contributed by atoms with Crippen LogP contribution in [-0.2, 0) is 0 Å². The van der Waals surface area contributed by atoms with Crippen LogP contribution < -0.4 is 0 Å². The summed E-state index contributed by atoms with van der Waals surface area (Å²) in [4.78, 5) is 12.7. The molecule has 0 unspecified atom stereocenters. The van der Waals surface area contributed by atoms with Gasteiger partial charge in [0.25, 0.3) is 5.69 Å². The van der Waals surface area contributed by atoms with Gasteiger partial charge in [-0.15, -0.1) is 0 Å². The highest BCUT2D eigenvalue weighted by molar-refractivity contribution is 5.68. The van der Waals surface area contributed by atoms with Gasteiger partial charge in [-0.1, -0.05) is 6.08 Å². The summed E-state index contributed by atoms with van der Waals surface area (Å²) in [6.07, 6.45) is 5.88. The highest BCUT2D eigenvalue weighted by Gasteiger charge is 2.33. The topological polar surface area (TPSA) is 46.4 Å². The van der Waals surface area contributed by atoms with Crippen molar-refractivity contribution < 1.29 is 4.92 Å². The van der Waals surface area contributed by atoms with Crippen LogP contribution in [0.5, 0.6) is 0 Å². The molecule has 1 aromatic rings. The Labute approximate surface area is 106 Å². The zero-order valence-corrected chi connectivity index (χ0v) is 10.4. The Balaban J connectivity index is 1.88. The summed E-state index contributed by atoms with van der Waals surface area (Å²) in [6, 6.07) is 8.12. The van der Waals surface area contributed by atoms with Crippen molar-refractivity contribution in [3.63, 3.8) is 0 Å². The molecule has 0 aliphatic carbocycles. The Morgan fingerprint density at radius 1 is 1.28 bits per heavy atom. The van der Waals surface area contributed by atoms with E-state index in [0.29, 0.717) is 12.1 Å². The molecule has 2 atom stereocenters. The maximum absolute atomic E-state index is 10.6. The predicted molar refractivity (Wildman–Crippen MR) is 70.3 cm³/mol. The largest absolute Gasteiger partial charge is 0.297 e. The molecule has 0 amide bonds. The van der Waals surface area contributed by atoms with Gasteiger partial charge in [-0.2, -0.15) is 0 Å². The lowest BCUT2D eigenvalue weighted by atomic mass is 9.95. The van der Waals surface area contributed by atoms with Crippen LogP contribution in [0.1, 0.15) is 24.8 Å². The molecule has 0 saturated carbocycles. The van der Waals surface area contributed by atoms with Crippen LogP contribution in [0, 0.1) is 10.1 Å². The molecule has 2 aliphatic rings. The Bertz CT molecular complexity index is 507. The number of fused-ring (bicyclic) bond motifs is 2. The van der Waals surface area contributed by atoms with Gasteiger partial charge in [-0.25, -0.2) is 0 Å². The van der Waals surface area contributed by atoms with Crippen molar-refractivity contribution in [1.82, 2.24) is 4.90 Å². The first-order chi connectivity index (χ1) is 8.65. The van der Waals surface area contributed by atoms with E-state index in [1.165, 1.54) is 18.4 Å². The molecule has 2 heterocycles. The van der Waals surface area contributed by atoms with Gasteiger partial charge in [0.1, 0.15) is 0 Å². The van der Waals surface area contributed by atoms with Gasteiger partial charge >= 0.3 is 0 Å². The summed E-state index contributed by atoms with van der Waals surface area (Å²) in [5.41, 5.74) is 2.64. The maximum Gasteiger partial charge on any atom is 0.269 e. The number of hydrogen-bond donors (Lipinski definition) is 0. The molecule has 1 fully saturated rings. The first kappa shape index (κ1) is 11.4. The SMILES string of the molecule is CN1[C@@H]2CC[C@H]1C=C(c1ccc([N+](=O)[O-])cc1)C2. The highest BCUT2D eigenvalue weighted by atomic mass is 16.6. The van der Waals surface area contributed by atoms with E-state index in [-0.39, 0.29) is 10.6 Å². The van der Waals surface area contributed by atoms with Crippen molar-refractivity contribution in [1.29, 1.82) is 0 Å². The third-order valence-corrected chi connectivity index (χ3v) is 4.19. The molecule has 0 spiro atoms. The van der Waals surface area contributed by atoms with Gasteiger partial charge in [0, 0.05) is 24.2 Å². The molecule has 0 radical (unpaired) electrons. The van der Waals surface area contributed by atoms with E-state index < -0.39 is 0 Å². The molecule has 4 heteroatoms. The number of nitro groups is 1. The third-order valence-electron chi connectivity index (χ3n) is 4.19. The van der Waals surface area contributed by atoms with Crippen molar-refractivity contribution in [2.75, 3.05) is 7.05 Å². The lowest BCUT2D eigenvalue weighted by Gasteiger charge is -2.30. The molecule has 0 aromatic heterocycles. The molecule has 1 saturated heterocycles. The van der Waals surface area contributed by atoms with Crippen molar-refractivity contribution in [2.24, 2.45) is 0 Å². The van der Waals surface area contributed by atoms with Crippen LogP contribution in [0.25, 0.3) is 5.57 Å². The minimum absolute atomic E-state index is 0.162. The van der Waals surface area contributed by atoms with Crippen LogP contribution in [0.2, 0.25) is 0 Å². The van der Waals surface area contributed by atoms with Crippen molar-refractivity contribution in [3.8, 4) is 0 Å². The van der Waals surface area contributed by atoms with Crippen LogP contribution in [0.4, 0.5) is 5.69 Å². The molecule has 2 bridgehead atoms. The summed E-state index contributed by atoms with van der Waals surface area (Å²) in [5.74, 6) is 0. The Morgan fingerprint density at radius 2 is 2.00 bits per heavy atom. The van der Waals surface area contributed by atoms with Crippen molar-refractivity contribution in [3.05, 3.63) is 46.0 Å². The summed E-state index contributed by atoms with van der Waals surface area (Å²) in [7, 11) is 2.19. The predicted octanol–water partition coefficient (Wildman–Crippen LogP) is 2.84. The summed E-state index contributed by atoms with van der Waals surface area (Å²) < 4.78 is 0. The highest BCUT2D eigenvalue weighted by Crippen LogP contribution is 2.37. The van der Waals surface area contributed by atoms with Crippen LogP contribution >= 0.6 is 0 Å². The number of hydrogen-bond acceptors (Lipinski definition) is 3. The van der Waals surface area contributed by atoms with E-state index in [2.05, 4.69) is 18.0 Å². The molecular formula is C14H16N2O2. The van der Waals surface area contributed by atoms with Gasteiger partial charge in [0.05, 0.1) is 4.92 Å². The van der Waals surface area contributed by atoms with Crippen molar-refractivity contribution >= 4 is 11.3 Å². The minimum atomic E-state index is -0.351. The monoisotopic (exact) mass is 244 g/mol. The van der Waals surface area contributed by atoms with E-state index in [0.717, 1.165) is 12.0 Å². The van der Waals surface area contributed by atoms with Crippen LogP contribution in [0.3, 0.4) is 0 Å². The Hall–Kier alpha value is -1.68. The van der Waals surface area contributed by atoms with Gasteiger partial charge in [-0.3, -0.25) is 15.0 Å². The van der Waals surface area contributed by atoms with Crippen molar-refractivity contribution in [2.45, 2.75) is 31.3 Å². The lowest BCUT2D eigenvalue weighted by molar-refractivity contribution is -0.384. The Kier molecular flexibility index (Phi) is 2.67. The lowest BCUT2D eigenvalue weighted by Crippen LogP contribution is -2.34. The first-order valence-corrected chi connectivity index (χ1v) is 6.32. The molecular weight excluding hydrogens is 228 g/mol. The second-order valence-corrected chi connectivity index (χ2v) is 5.16. The summed E-state index contributed by atoms with van der Waals surface area (Å²) in [5, 5.41) is 10.6. The summed E-state index contributed by atoms with van der Waals surface area (Å²) >= 11 is 0. The first-order valence-electron chi connectivity index (χ1n) is 6.32. The van der Waals surface area contributed by atoms with E-state index in [4.69, 9.17) is 0 Å².